The van der Waals surface area contributed by atoms with Gasteiger partial charge in [0.25, 0.3) is 0 Å². The molecule has 0 saturated carbocycles. The molecule has 2 N–H and O–H groups in total. The van der Waals surface area contributed by atoms with Crippen LogP contribution in [0, 0.1) is 5.92 Å². The molecule has 6 nitrogen and oxygen atoms in total. The first kappa shape index (κ1) is 16.4. The summed E-state index contributed by atoms with van der Waals surface area (Å²) < 4.78 is 15.9. The maximum absolute atomic E-state index is 12.4. The van der Waals surface area contributed by atoms with E-state index in [9.17, 15) is 4.79 Å². The van der Waals surface area contributed by atoms with Crippen LogP contribution in [0.4, 0.5) is 5.69 Å². The quantitative estimate of drug-likeness (QED) is 0.871. The fourth-order valence-corrected chi connectivity index (χ4v) is 2.69. The van der Waals surface area contributed by atoms with E-state index in [2.05, 4.69) is 17.6 Å². The standard InChI is InChI=1S/C16H24N2O4/c1-10-5-6-17-12(7-10)16(19)18-11-8-13(20-2)15(22-4)14(9-11)21-3/h8-10,12,17H,5-7H2,1-4H3,(H,18,19). The smallest absolute Gasteiger partial charge is 0.241 e. The van der Waals surface area contributed by atoms with Crippen LogP contribution in [0.5, 0.6) is 17.2 Å². The Bertz CT molecular complexity index is 508. The van der Waals surface area contributed by atoms with Crippen molar-refractivity contribution in [2.45, 2.75) is 25.8 Å². The second kappa shape index (κ2) is 7.35. The van der Waals surface area contributed by atoms with Gasteiger partial charge in [-0.25, -0.2) is 0 Å². The van der Waals surface area contributed by atoms with Gasteiger partial charge in [-0.1, -0.05) is 6.92 Å². The SMILES string of the molecule is COc1cc(NC(=O)C2CC(C)CCN2)cc(OC)c1OC. The topological polar surface area (TPSA) is 68.8 Å². The van der Waals surface area contributed by atoms with Gasteiger partial charge < -0.3 is 24.8 Å². The number of piperidine rings is 1. The molecule has 1 heterocycles. The van der Waals surface area contributed by atoms with Crippen molar-refractivity contribution in [3.05, 3.63) is 12.1 Å². The van der Waals surface area contributed by atoms with Gasteiger partial charge in [0.1, 0.15) is 0 Å². The number of methoxy groups -OCH3 is 3. The molecule has 2 rings (SSSR count). The molecule has 1 aliphatic heterocycles. The minimum absolute atomic E-state index is 0.0409. The number of anilines is 1. The zero-order valence-corrected chi connectivity index (χ0v) is 13.6. The second-order valence-electron chi connectivity index (χ2n) is 5.54. The average Bonchev–Trinajstić information content (AvgIpc) is 2.53. The first-order valence-electron chi connectivity index (χ1n) is 7.43. The summed E-state index contributed by atoms with van der Waals surface area (Å²) >= 11 is 0. The summed E-state index contributed by atoms with van der Waals surface area (Å²) in [5.41, 5.74) is 0.625. The van der Waals surface area contributed by atoms with Crippen LogP contribution in [-0.4, -0.2) is 39.8 Å². The van der Waals surface area contributed by atoms with Crippen LogP contribution < -0.4 is 24.8 Å². The molecule has 1 aliphatic rings. The third-order valence-electron chi connectivity index (χ3n) is 3.91. The van der Waals surface area contributed by atoms with Crippen molar-refractivity contribution in [2.75, 3.05) is 33.2 Å². The summed E-state index contributed by atoms with van der Waals surface area (Å²) in [4.78, 5) is 12.4. The van der Waals surface area contributed by atoms with Crippen molar-refractivity contribution in [1.82, 2.24) is 5.32 Å². The highest BCUT2D eigenvalue weighted by atomic mass is 16.5. The third-order valence-corrected chi connectivity index (χ3v) is 3.91. The maximum atomic E-state index is 12.4. The van der Waals surface area contributed by atoms with Gasteiger partial charge in [-0.3, -0.25) is 4.79 Å². The van der Waals surface area contributed by atoms with Crippen LogP contribution in [0.2, 0.25) is 0 Å². The number of benzene rings is 1. The molecule has 0 spiro atoms. The first-order chi connectivity index (χ1) is 10.6. The molecule has 1 fully saturated rings. The van der Waals surface area contributed by atoms with E-state index >= 15 is 0 Å². The maximum Gasteiger partial charge on any atom is 0.241 e. The lowest BCUT2D eigenvalue weighted by atomic mass is 9.94. The van der Waals surface area contributed by atoms with Crippen molar-refractivity contribution in [2.24, 2.45) is 5.92 Å². The normalized spacial score (nSPS) is 21.1. The number of nitrogens with one attached hydrogen (secondary N) is 2. The fraction of sp³-hybridized carbons (Fsp3) is 0.562. The highest BCUT2D eigenvalue weighted by Crippen LogP contribution is 2.40. The van der Waals surface area contributed by atoms with Crippen molar-refractivity contribution in [3.8, 4) is 17.2 Å². The van der Waals surface area contributed by atoms with E-state index in [1.54, 1.807) is 33.5 Å². The Kier molecular flexibility index (Phi) is 5.49. The van der Waals surface area contributed by atoms with Gasteiger partial charge in [0.05, 0.1) is 27.4 Å². The molecule has 6 heteroatoms. The molecule has 122 valence electrons. The number of amides is 1. The van der Waals surface area contributed by atoms with E-state index in [4.69, 9.17) is 14.2 Å². The lowest BCUT2D eigenvalue weighted by Gasteiger charge is -2.27. The van der Waals surface area contributed by atoms with Gasteiger partial charge in [0.2, 0.25) is 11.7 Å². The van der Waals surface area contributed by atoms with Gasteiger partial charge in [0.15, 0.2) is 11.5 Å². The van der Waals surface area contributed by atoms with Crippen molar-refractivity contribution in [3.63, 3.8) is 0 Å². The Balaban J connectivity index is 2.16. The Hall–Kier alpha value is -1.95. The molecule has 1 saturated heterocycles. The predicted octanol–water partition coefficient (Wildman–Crippen LogP) is 2.04. The first-order valence-corrected chi connectivity index (χ1v) is 7.43. The summed E-state index contributed by atoms with van der Waals surface area (Å²) in [7, 11) is 4.65. The Morgan fingerprint density at radius 1 is 1.18 bits per heavy atom. The third kappa shape index (κ3) is 3.62. The number of carbonyl (C=O) groups excluding carboxylic acids is 1. The second-order valence-corrected chi connectivity index (χ2v) is 5.54. The fourth-order valence-electron chi connectivity index (χ4n) is 2.69. The van der Waals surface area contributed by atoms with Crippen molar-refractivity contribution >= 4 is 11.6 Å². The molecule has 1 aromatic carbocycles. The van der Waals surface area contributed by atoms with Crippen LogP contribution in [0.15, 0.2) is 12.1 Å². The van der Waals surface area contributed by atoms with Crippen LogP contribution >= 0.6 is 0 Å². The number of rotatable bonds is 5. The Morgan fingerprint density at radius 3 is 2.32 bits per heavy atom. The Labute approximate surface area is 131 Å². The van der Waals surface area contributed by atoms with E-state index in [1.807, 2.05) is 0 Å². The van der Waals surface area contributed by atoms with E-state index in [0.717, 1.165) is 19.4 Å². The zero-order chi connectivity index (χ0) is 16.1. The summed E-state index contributed by atoms with van der Waals surface area (Å²) in [6.45, 7) is 3.04. The predicted molar refractivity (Wildman–Crippen MR) is 84.9 cm³/mol. The van der Waals surface area contributed by atoms with E-state index in [1.165, 1.54) is 0 Å². The molecule has 0 aromatic heterocycles. The summed E-state index contributed by atoms with van der Waals surface area (Å²) in [6, 6.07) is 3.29. The van der Waals surface area contributed by atoms with Crippen LogP contribution in [0.3, 0.4) is 0 Å². The number of carbonyl (C=O) groups is 1. The number of hydrogen-bond acceptors (Lipinski definition) is 5. The molecule has 22 heavy (non-hydrogen) atoms. The minimum atomic E-state index is -0.164. The molecular weight excluding hydrogens is 284 g/mol. The minimum Gasteiger partial charge on any atom is -0.493 e. The average molecular weight is 308 g/mol. The monoisotopic (exact) mass is 308 g/mol. The van der Waals surface area contributed by atoms with Crippen LogP contribution in [0.25, 0.3) is 0 Å². The summed E-state index contributed by atoms with van der Waals surface area (Å²) in [6.07, 6.45) is 1.95. The number of ether oxygens (including phenoxy) is 3. The molecule has 2 unspecified atom stereocenters. The van der Waals surface area contributed by atoms with Crippen LogP contribution in [-0.2, 0) is 4.79 Å². The van der Waals surface area contributed by atoms with Crippen molar-refractivity contribution in [1.29, 1.82) is 0 Å². The van der Waals surface area contributed by atoms with Gasteiger partial charge >= 0.3 is 0 Å². The van der Waals surface area contributed by atoms with Crippen molar-refractivity contribution < 1.29 is 19.0 Å². The summed E-state index contributed by atoms with van der Waals surface area (Å²) in [5, 5.41) is 6.17. The van der Waals surface area contributed by atoms with Gasteiger partial charge in [-0.05, 0) is 25.3 Å². The van der Waals surface area contributed by atoms with Gasteiger partial charge in [-0.15, -0.1) is 0 Å². The zero-order valence-electron chi connectivity index (χ0n) is 13.6. The lowest BCUT2D eigenvalue weighted by Crippen LogP contribution is -2.45. The lowest BCUT2D eigenvalue weighted by molar-refractivity contribution is -0.119. The molecular formula is C16H24N2O4. The molecule has 1 amide bonds. The van der Waals surface area contributed by atoms with E-state index in [0.29, 0.717) is 28.9 Å². The molecule has 1 aromatic rings. The van der Waals surface area contributed by atoms with Gasteiger partial charge in [0, 0.05) is 17.8 Å². The van der Waals surface area contributed by atoms with E-state index in [-0.39, 0.29) is 11.9 Å². The molecule has 2 atom stereocenters. The Morgan fingerprint density at radius 2 is 1.82 bits per heavy atom. The van der Waals surface area contributed by atoms with Gasteiger partial charge in [-0.2, -0.15) is 0 Å². The molecule has 0 aliphatic carbocycles. The molecule has 0 bridgehead atoms. The number of hydrogen-bond donors (Lipinski definition) is 2. The molecule has 0 radical (unpaired) electrons. The van der Waals surface area contributed by atoms with Crippen LogP contribution in [0.1, 0.15) is 19.8 Å². The summed E-state index contributed by atoms with van der Waals surface area (Å²) in [5.74, 6) is 2.05. The largest absolute Gasteiger partial charge is 0.493 e. The van der Waals surface area contributed by atoms with E-state index < -0.39 is 0 Å². The highest BCUT2D eigenvalue weighted by Gasteiger charge is 2.25. The highest BCUT2D eigenvalue weighted by molar-refractivity contribution is 5.95.